The molecule has 1 aliphatic heterocycles. The van der Waals surface area contributed by atoms with Crippen molar-refractivity contribution in [1.29, 1.82) is 0 Å². The molecule has 0 atom stereocenters. The molecular weight excluding hydrogens is 250 g/mol. The van der Waals surface area contributed by atoms with Gasteiger partial charge in [-0.15, -0.1) is 0 Å². The SMILES string of the molecule is c1ccc2nc3cc(N4CCOCC4)ccc3nc2c1. The van der Waals surface area contributed by atoms with Crippen LogP contribution in [0.1, 0.15) is 0 Å². The fraction of sp³-hybridized carbons (Fsp3) is 0.250. The molecule has 2 aromatic carbocycles. The maximum absolute atomic E-state index is 5.40. The Morgan fingerprint density at radius 2 is 1.45 bits per heavy atom. The highest BCUT2D eigenvalue weighted by Gasteiger charge is 2.12. The van der Waals surface area contributed by atoms with E-state index >= 15 is 0 Å². The van der Waals surface area contributed by atoms with Crippen LogP contribution >= 0.6 is 0 Å². The Bertz CT molecular complexity index is 766. The Labute approximate surface area is 117 Å². The average molecular weight is 265 g/mol. The van der Waals surface area contributed by atoms with Gasteiger partial charge >= 0.3 is 0 Å². The highest BCUT2D eigenvalue weighted by Crippen LogP contribution is 2.22. The van der Waals surface area contributed by atoms with Gasteiger partial charge in [-0.3, -0.25) is 0 Å². The molecule has 1 fully saturated rings. The van der Waals surface area contributed by atoms with Crippen molar-refractivity contribution in [3.8, 4) is 0 Å². The van der Waals surface area contributed by atoms with E-state index in [0.29, 0.717) is 0 Å². The van der Waals surface area contributed by atoms with Gasteiger partial charge in [0.15, 0.2) is 0 Å². The number of para-hydroxylation sites is 2. The summed E-state index contributed by atoms with van der Waals surface area (Å²) < 4.78 is 5.40. The highest BCUT2D eigenvalue weighted by atomic mass is 16.5. The Hall–Kier alpha value is -2.20. The predicted octanol–water partition coefficient (Wildman–Crippen LogP) is 2.62. The van der Waals surface area contributed by atoms with Gasteiger partial charge in [0.2, 0.25) is 0 Å². The van der Waals surface area contributed by atoms with Gasteiger partial charge in [-0.2, -0.15) is 0 Å². The van der Waals surface area contributed by atoms with Crippen molar-refractivity contribution in [2.75, 3.05) is 31.2 Å². The molecule has 1 aliphatic rings. The van der Waals surface area contributed by atoms with Gasteiger partial charge in [-0.1, -0.05) is 12.1 Å². The monoisotopic (exact) mass is 265 g/mol. The third-order valence-corrected chi connectivity index (χ3v) is 3.70. The lowest BCUT2D eigenvalue weighted by molar-refractivity contribution is 0.122. The smallest absolute Gasteiger partial charge is 0.0915 e. The summed E-state index contributed by atoms with van der Waals surface area (Å²) in [4.78, 5) is 11.7. The molecule has 0 amide bonds. The van der Waals surface area contributed by atoms with Crippen LogP contribution in [0.2, 0.25) is 0 Å². The van der Waals surface area contributed by atoms with Crippen molar-refractivity contribution < 1.29 is 4.74 Å². The molecular formula is C16H15N3O. The topological polar surface area (TPSA) is 38.2 Å². The number of ether oxygens (including phenoxy) is 1. The minimum absolute atomic E-state index is 0.793. The second kappa shape index (κ2) is 4.72. The number of rotatable bonds is 1. The first-order valence-electron chi connectivity index (χ1n) is 6.89. The van der Waals surface area contributed by atoms with E-state index in [2.05, 4.69) is 28.1 Å². The number of hydrogen-bond acceptors (Lipinski definition) is 4. The van der Waals surface area contributed by atoms with Crippen LogP contribution in [0.4, 0.5) is 5.69 Å². The van der Waals surface area contributed by atoms with Gasteiger partial charge in [-0.05, 0) is 30.3 Å². The van der Waals surface area contributed by atoms with Crippen LogP contribution in [0.25, 0.3) is 22.1 Å². The maximum Gasteiger partial charge on any atom is 0.0915 e. The van der Waals surface area contributed by atoms with Crippen molar-refractivity contribution >= 4 is 27.8 Å². The van der Waals surface area contributed by atoms with Gasteiger partial charge in [0.25, 0.3) is 0 Å². The maximum atomic E-state index is 5.40. The van der Waals surface area contributed by atoms with Crippen LogP contribution in [-0.4, -0.2) is 36.3 Å². The Kier molecular flexibility index (Phi) is 2.74. The minimum atomic E-state index is 0.793. The van der Waals surface area contributed by atoms with Gasteiger partial charge in [0.1, 0.15) is 0 Å². The second-order valence-corrected chi connectivity index (χ2v) is 4.98. The second-order valence-electron chi connectivity index (χ2n) is 4.98. The zero-order valence-corrected chi connectivity index (χ0v) is 11.1. The molecule has 20 heavy (non-hydrogen) atoms. The molecule has 0 aliphatic carbocycles. The van der Waals surface area contributed by atoms with E-state index in [-0.39, 0.29) is 0 Å². The van der Waals surface area contributed by atoms with Crippen LogP contribution in [-0.2, 0) is 4.74 Å². The van der Waals surface area contributed by atoms with E-state index in [0.717, 1.165) is 48.4 Å². The van der Waals surface area contributed by atoms with Crippen LogP contribution < -0.4 is 4.90 Å². The number of morpholine rings is 1. The summed E-state index contributed by atoms with van der Waals surface area (Å²) in [6.45, 7) is 3.46. The summed E-state index contributed by atoms with van der Waals surface area (Å²) in [5.41, 5.74) is 4.98. The van der Waals surface area contributed by atoms with Crippen LogP contribution in [0, 0.1) is 0 Å². The standard InChI is InChI=1S/C16H15N3O/c1-2-4-14-13(3-1)17-15-6-5-12(11-16(15)18-14)19-7-9-20-10-8-19/h1-6,11H,7-10H2. The number of anilines is 1. The number of aromatic nitrogens is 2. The lowest BCUT2D eigenvalue weighted by atomic mass is 10.2. The summed E-state index contributed by atoms with van der Waals surface area (Å²) in [5, 5.41) is 0. The van der Waals surface area contributed by atoms with Gasteiger partial charge < -0.3 is 9.64 Å². The Morgan fingerprint density at radius 3 is 2.20 bits per heavy atom. The van der Waals surface area contributed by atoms with Gasteiger partial charge in [0, 0.05) is 18.8 Å². The van der Waals surface area contributed by atoms with E-state index in [1.54, 1.807) is 0 Å². The molecule has 4 rings (SSSR count). The van der Waals surface area contributed by atoms with E-state index in [1.165, 1.54) is 5.69 Å². The first-order valence-corrected chi connectivity index (χ1v) is 6.89. The normalized spacial score (nSPS) is 15.9. The molecule has 4 heteroatoms. The molecule has 4 nitrogen and oxygen atoms in total. The lowest BCUT2D eigenvalue weighted by Crippen LogP contribution is -2.36. The summed E-state index contributed by atoms with van der Waals surface area (Å²) in [5.74, 6) is 0. The molecule has 100 valence electrons. The molecule has 1 saturated heterocycles. The first-order chi connectivity index (χ1) is 9.90. The van der Waals surface area contributed by atoms with E-state index in [9.17, 15) is 0 Å². The average Bonchev–Trinajstić information content (AvgIpc) is 2.53. The van der Waals surface area contributed by atoms with Crippen LogP contribution in [0.5, 0.6) is 0 Å². The van der Waals surface area contributed by atoms with E-state index < -0.39 is 0 Å². The van der Waals surface area contributed by atoms with Crippen molar-refractivity contribution in [3.05, 3.63) is 42.5 Å². The fourth-order valence-corrected chi connectivity index (χ4v) is 2.63. The molecule has 1 aromatic heterocycles. The van der Waals surface area contributed by atoms with Crippen molar-refractivity contribution in [2.24, 2.45) is 0 Å². The molecule has 0 spiro atoms. The molecule has 0 radical (unpaired) electrons. The van der Waals surface area contributed by atoms with Crippen molar-refractivity contribution in [2.45, 2.75) is 0 Å². The summed E-state index contributed by atoms with van der Waals surface area (Å²) >= 11 is 0. The van der Waals surface area contributed by atoms with E-state index in [1.807, 2.05) is 24.3 Å². The summed E-state index contributed by atoms with van der Waals surface area (Å²) in [7, 11) is 0. The lowest BCUT2D eigenvalue weighted by Gasteiger charge is -2.28. The molecule has 0 unspecified atom stereocenters. The summed E-state index contributed by atoms with van der Waals surface area (Å²) in [6, 6.07) is 14.3. The minimum Gasteiger partial charge on any atom is -0.378 e. The summed E-state index contributed by atoms with van der Waals surface area (Å²) in [6.07, 6.45) is 0. The van der Waals surface area contributed by atoms with E-state index in [4.69, 9.17) is 9.72 Å². The molecule has 0 saturated carbocycles. The first kappa shape index (κ1) is 11.6. The van der Waals surface area contributed by atoms with Crippen molar-refractivity contribution in [1.82, 2.24) is 9.97 Å². The Morgan fingerprint density at radius 1 is 0.800 bits per heavy atom. The zero-order valence-electron chi connectivity index (χ0n) is 11.1. The zero-order chi connectivity index (χ0) is 13.4. The fourth-order valence-electron chi connectivity index (χ4n) is 2.63. The third kappa shape index (κ3) is 1.98. The third-order valence-electron chi connectivity index (χ3n) is 3.70. The number of hydrogen-bond donors (Lipinski definition) is 0. The highest BCUT2D eigenvalue weighted by molar-refractivity contribution is 5.87. The predicted molar refractivity (Wildman–Crippen MR) is 80.1 cm³/mol. The van der Waals surface area contributed by atoms with Crippen molar-refractivity contribution in [3.63, 3.8) is 0 Å². The van der Waals surface area contributed by atoms with Gasteiger partial charge in [-0.25, -0.2) is 9.97 Å². The Balaban J connectivity index is 1.83. The molecule has 0 bridgehead atoms. The molecule has 3 aromatic rings. The number of fused-ring (bicyclic) bond motifs is 2. The van der Waals surface area contributed by atoms with Crippen LogP contribution in [0.3, 0.4) is 0 Å². The van der Waals surface area contributed by atoms with Gasteiger partial charge in [0.05, 0.1) is 35.3 Å². The quantitative estimate of drug-likeness (QED) is 0.634. The largest absolute Gasteiger partial charge is 0.378 e. The van der Waals surface area contributed by atoms with Crippen LogP contribution in [0.15, 0.2) is 42.5 Å². The molecule has 0 N–H and O–H groups in total. The molecule has 2 heterocycles. The number of nitrogens with zero attached hydrogens (tertiary/aromatic N) is 3. The number of benzene rings is 2.